The van der Waals surface area contributed by atoms with E-state index in [9.17, 15) is 8.42 Å². The second kappa shape index (κ2) is 5.62. The summed E-state index contributed by atoms with van der Waals surface area (Å²) in [5.41, 5.74) is 5.49. The number of piperidine rings is 1. The first-order valence-corrected chi connectivity index (χ1v) is 7.14. The molecule has 1 heterocycles. The number of nitriles is 1. The molecule has 92 valence electrons. The fourth-order valence-electron chi connectivity index (χ4n) is 2.06. The van der Waals surface area contributed by atoms with Gasteiger partial charge in [-0.1, -0.05) is 6.42 Å². The van der Waals surface area contributed by atoms with Gasteiger partial charge in [-0.2, -0.15) is 9.57 Å². The van der Waals surface area contributed by atoms with Gasteiger partial charge in [0.25, 0.3) is 0 Å². The Labute approximate surface area is 97.3 Å². The second-order valence-corrected chi connectivity index (χ2v) is 6.36. The lowest BCUT2D eigenvalue weighted by Crippen LogP contribution is -2.47. The predicted octanol–water partition coefficient (Wildman–Crippen LogP) is 0.432. The van der Waals surface area contributed by atoms with Crippen LogP contribution < -0.4 is 5.73 Å². The number of nitrogens with two attached hydrogens (primary N) is 1. The van der Waals surface area contributed by atoms with Crippen molar-refractivity contribution in [1.29, 1.82) is 5.26 Å². The van der Waals surface area contributed by atoms with Crippen LogP contribution >= 0.6 is 0 Å². The van der Waals surface area contributed by atoms with Gasteiger partial charge in [0.1, 0.15) is 0 Å². The third-order valence-electron chi connectivity index (χ3n) is 3.03. The molecule has 2 atom stereocenters. The van der Waals surface area contributed by atoms with Crippen LogP contribution in [0.2, 0.25) is 0 Å². The lowest BCUT2D eigenvalue weighted by atomic mass is 10.0. The number of sulfonamides is 1. The largest absolute Gasteiger partial charge is 0.330 e. The van der Waals surface area contributed by atoms with E-state index in [1.165, 1.54) is 11.2 Å². The molecule has 0 bridgehead atoms. The van der Waals surface area contributed by atoms with Crippen molar-refractivity contribution < 1.29 is 8.42 Å². The average molecular weight is 245 g/mol. The summed E-state index contributed by atoms with van der Waals surface area (Å²) in [6, 6.07) is 1.79. The molecule has 1 aliphatic heterocycles. The summed E-state index contributed by atoms with van der Waals surface area (Å²) in [6.07, 6.45) is 3.45. The van der Waals surface area contributed by atoms with Gasteiger partial charge in [0.05, 0.1) is 6.07 Å². The number of hydrogen-bond acceptors (Lipinski definition) is 4. The van der Waals surface area contributed by atoms with Crippen molar-refractivity contribution in [2.75, 3.05) is 13.1 Å². The highest BCUT2D eigenvalue weighted by Crippen LogP contribution is 2.24. The SMILES string of the molecule is CC(C#N)S(=O)(=O)N1CCCCC1CCN. The third kappa shape index (κ3) is 2.73. The van der Waals surface area contributed by atoms with Crippen molar-refractivity contribution in [2.24, 2.45) is 5.73 Å². The van der Waals surface area contributed by atoms with Crippen LogP contribution in [0.1, 0.15) is 32.6 Å². The van der Waals surface area contributed by atoms with Crippen LogP contribution in [0.5, 0.6) is 0 Å². The molecule has 0 aromatic rings. The smallest absolute Gasteiger partial charge is 0.230 e. The highest BCUT2D eigenvalue weighted by molar-refractivity contribution is 7.90. The van der Waals surface area contributed by atoms with Crippen LogP contribution in [-0.4, -0.2) is 37.1 Å². The van der Waals surface area contributed by atoms with E-state index < -0.39 is 15.3 Å². The van der Waals surface area contributed by atoms with Gasteiger partial charge >= 0.3 is 0 Å². The normalized spacial score (nSPS) is 24.9. The lowest BCUT2D eigenvalue weighted by molar-refractivity contribution is 0.242. The molecule has 5 nitrogen and oxygen atoms in total. The summed E-state index contributed by atoms with van der Waals surface area (Å²) in [4.78, 5) is 0. The second-order valence-electron chi connectivity index (χ2n) is 4.15. The Morgan fingerprint density at radius 3 is 2.81 bits per heavy atom. The van der Waals surface area contributed by atoms with Crippen molar-refractivity contribution in [3.8, 4) is 6.07 Å². The maximum absolute atomic E-state index is 12.1. The molecule has 0 saturated carbocycles. The van der Waals surface area contributed by atoms with E-state index in [1.54, 1.807) is 6.07 Å². The van der Waals surface area contributed by atoms with E-state index in [-0.39, 0.29) is 6.04 Å². The maximum Gasteiger partial charge on any atom is 0.230 e. The number of nitrogens with zero attached hydrogens (tertiary/aromatic N) is 2. The minimum atomic E-state index is -3.47. The maximum atomic E-state index is 12.1. The van der Waals surface area contributed by atoms with Gasteiger partial charge < -0.3 is 5.73 Å². The first-order valence-electron chi connectivity index (χ1n) is 5.64. The minimum Gasteiger partial charge on any atom is -0.330 e. The van der Waals surface area contributed by atoms with Crippen LogP contribution in [0, 0.1) is 11.3 Å². The number of hydrogen-bond donors (Lipinski definition) is 1. The molecular formula is C10H19N3O2S. The summed E-state index contributed by atoms with van der Waals surface area (Å²) < 4.78 is 25.6. The fraction of sp³-hybridized carbons (Fsp3) is 0.900. The van der Waals surface area contributed by atoms with E-state index >= 15 is 0 Å². The van der Waals surface area contributed by atoms with Crippen LogP contribution in [0.3, 0.4) is 0 Å². The Morgan fingerprint density at radius 2 is 2.25 bits per heavy atom. The Balaban J connectivity index is 2.87. The van der Waals surface area contributed by atoms with E-state index in [2.05, 4.69) is 0 Å². The monoisotopic (exact) mass is 245 g/mol. The van der Waals surface area contributed by atoms with Crippen LogP contribution in [0.4, 0.5) is 0 Å². The molecule has 2 unspecified atom stereocenters. The molecule has 16 heavy (non-hydrogen) atoms. The zero-order valence-corrected chi connectivity index (χ0v) is 10.4. The molecule has 1 rings (SSSR count). The first-order chi connectivity index (χ1) is 7.54. The minimum absolute atomic E-state index is 0.0143. The van der Waals surface area contributed by atoms with Gasteiger partial charge in [-0.25, -0.2) is 8.42 Å². The summed E-state index contributed by atoms with van der Waals surface area (Å²) >= 11 is 0. The van der Waals surface area contributed by atoms with E-state index in [4.69, 9.17) is 11.0 Å². The van der Waals surface area contributed by atoms with Crippen LogP contribution in [0.25, 0.3) is 0 Å². The van der Waals surface area contributed by atoms with Crippen LogP contribution in [0.15, 0.2) is 0 Å². The average Bonchev–Trinajstić information content (AvgIpc) is 2.29. The van der Waals surface area contributed by atoms with Gasteiger partial charge in [0, 0.05) is 12.6 Å². The Morgan fingerprint density at radius 1 is 1.56 bits per heavy atom. The van der Waals surface area contributed by atoms with Crippen molar-refractivity contribution in [2.45, 2.75) is 43.9 Å². The van der Waals surface area contributed by atoms with Gasteiger partial charge in [0.15, 0.2) is 5.25 Å². The molecule has 0 radical (unpaired) electrons. The van der Waals surface area contributed by atoms with Gasteiger partial charge in [-0.05, 0) is 32.7 Å². The third-order valence-corrected chi connectivity index (χ3v) is 5.16. The summed E-state index contributed by atoms with van der Waals surface area (Å²) in [5, 5.41) is 7.77. The Hall–Kier alpha value is -0.640. The van der Waals surface area contributed by atoms with E-state index in [0.29, 0.717) is 19.5 Å². The van der Waals surface area contributed by atoms with Crippen molar-refractivity contribution in [3.63, 3.8) is 0 Å². The molecular weight excluding hydrogens is 226 g/mol. The molecule has 0 aliphatic carbocycles. The topological polar surface area (TPSA) is 87.2 Å². The zero-order valence-electron chi connectivity index (χ0n) is 9.59. The van der Waals surface area contributed by atoms with Crippen molar-refractivity contribution in [3.05, 3.63) is 0 Å². The van der Waals surface area contributed by atoms with Gasteiger partial charge in [0.2, 0.25) is 10.0 Å². The van der Waals surface area contributed by atoms with Gasteiger partial charge in [-0.3, -0.25) is 0 Å². The molecule has 6 heteroatoms. The summed E-state index contributed by atoms with van der Waals surface area (Å²) in [6.45, 7) is 2.44. The zero-order chi connectivity index (χ0) is 12.2. The molecule has 1 saturated heterocycles. The van der Waals surface area contributed by atoms with Crippen molar-refractivity contribution in [1.82, 2.24) is 4.31 Å². The first kappa shape index (κ1) is 13.4. The summed E-state index contributed by atoms with van der Waals surface area (Å²) in [7, 11) is -3.47. The highest BCUT2D eigenvalue weighted by Gasteiger charge is 2.35. The molecule has 1 fully saturated rings. The summed E-state index contributed by atoms with van der Waals surface area (Å²) in [5.74, 6) is 0. The fourth-order valence-corrected chi connectivity index (χ4v) is 3.61. The van der Waals surface area contributed by atoms with E-state index in [1.807, 2.05) is 0 Å². The molecule has 1 aliphatic rings. The Bertz CT molecular complexity index is 359. The molecule has 0 aromatic carbocycles. The molecule has 0 spiro atoms. The molecule has 0 amide bonds. The predicted molar refractivity (Wildman–Crippen MR) is 62.0 cm³/mol. The molecule has 2 N–H and O–H groups in total. The van der Waals surface area contributed by atoms with Gasteiger partial charge in [-0.15, -0.1) is 0 Å². The standard InChI is InChI=1S/C10H19N3O2S/c1-9(8-12)16(14,15)13-7-3-2-4-10(13)5-6-11/h9-10H,2-7,11H2,1H3. The quantitative estimate of drug-likeness (QED) is 0.778. The Kier molecular flexibility index (Phi) is 4.71. The number of rotatable bonds is 4. The van der Waals surface area contributed by atoms with Crippen LogP contribution in [-0.2, 0) is 10.0 Å². The van der Waals surface area contributed by atoms with E-state index in [0.717, 1.165) is 19.3 Å². The lowest BCUT2D eigenvalue weighted by Gasteiger charge is -2.35. The van der Waals surface area contributed by atoms with Crippen molar-refractivity contribution >= 4 is 10.0 Å². The highest BCUT2D eigenvalue weighted by atomic mass is 32.2. The molecule has 0 aromatic heterocycles.